The normalized spacial score (nSPS) is 9.17. The largest absolute Gasteiger partial charge is 0.512 e. The van der Waals surface area contributed by atoms with Crippen LogP contribution in [0.4, 0.5) is 0 Å². The Hall–Kier alpha value is -0.258. The fraction of sp³-hybridized carbons (Fsp3) is 0.667. The van der Waals surface area contributed by atoms with E-state index in [-0.39, 0.29) is 28.9 Å². The standard InChI is InChI=1S/C5H8O2.C4H10.Al.3H/c1-4(6)3-5(2)7;1-3-4-2;;;;/h3,6H,1-2H3;3-4H2,1-2H3;;;;/b4-3-;;;;;. The first-order valence-electron chi connectivity index (χ1n) is 3.92. The van der Waals surface area contributed by atoms with Crippen molar-refractivity contribution < 1.29 is 9.90 Å². The fourth-order valence-electron chi connectivity index (χ4n) is 0.294. The third-order valence-corrected chi connectivity index (χ3v) is 0.912. The van der Waals surface area contributed by atoms with Crippen molar-refractivity contribution in [3.05, 3.63) is 11.8 Å². The lowest BCUT2D eigenvalue weighted by Crippen LogP contribution is -1.82. The van der Waals surface area contributed by atoms with Crippen LogP contribution in [0.3, 0.4) is 0 Å². The average molecular weight is 188 g/mol. The molecule has 72 valence electrons. The molecule has 2 nitrogen and oxygen atoms in total. The van der Waals surface area contributed by atoms with E-state index in [1.807, 2.05) is 0 Å². The predicted octanol–water partition coefficient (Wildman–Crippen LogP) is 1.66. The van der Waals surface area contributed by atoms with E-state index in [0.29, 0.717) is 0 Å². The Morgan fingerprint density at radius 3 is 1.58 bits per heavy atom. The molecule has 0 aromatic rings. The summed E-state index contributed by atoms with van der Waals surface area (Å²) in [6.45, 7) is 7.21. The molecule has 0 radical (unpaired) electrons. The van der Waals surface area contributed by atoms with Crippen LogP contribution in [0.5, 0.6) is 0 Å². The summed E-state index contributed by atoms with van der Waals surface area (Å²) in [4.78, 5) is 10.0. The number of ketones is 1. The predicted molar refractivity (Wildman–Crippen MR) is 57.6 cm³/mol. The van der Waals surface area contributed by atoms with Crippen molar-refractivity contribution in [3.8, 4) is 0 Å². The molecular formula is C9H21AlO2. The highest BCUT2D eigenvalue weighted by Crippen LogP contribution is 1.82. The summed E-state index contributed by atoms with van der Waals surface area (Å²) in [6, 6.07) is 0. The lowest BCUT2D eigenvalue weighted by Gasteiger charge is -1.80. The number of carbonyl (C=O) groups is 1. The first-order chi connectivity index (χ1) is 5.04. The van der Waals surface area contributed by atoms with E-state index < -0.39 is 0 Å². The second-order valence-electron chi connectivity index (χ2n) is 2.40. The van der Waals surface area contributed by atoms with Gasteiger partial charge < -0.3 is 5.11 Å². The molecule has 12 heavy (non-hydrogen) atoms. The summed E-state index contributed by atoms with van der Waals surface area (Å²) in [5.74, 6) is -0.0625. The van der Waals surface area contributed by atoms with Gasteiger partial charge in [0.25, 0.3) is 0 Å². The molecule has 0 aromatic heterocycles. The molecular weight excluding hydrogens is 167 g/mol. The quantitative estimate of drug-likeness (QED) is 0.406. The molecule has 0 amide bonds. The number of hydrogen-bond acceptors (Lipinski definition) is 2. The van der Waals surface area contributed by atoms with E-state index in [2.05, 4.69) is 13.8 Å². The van der Waals surface area contributed by atoms with Gasteiger partial charge in [-0.25, -0.2) is 0 Å². The van der Waals surface area contributed by atoms with Crippen LogP contribution in [0.15, 0.2) is 11.8 Å². The molecule has 0 saturated heterocycles. The lowest BCUT2D eigenvalue weighted by atomic mass is 10.4. The van der Waals surface area contributed by atoms with E-state index in [1.165, 1.54) is 32.8 Å². The monoisotopic (exact) mass is 188 g/mol. The third kappa shape index (κ3) is 33.1. The highest BCUT2D eigenvalue weighted by Gasteiger charge is 1.82. The highest BCUT2D eigenvalue weighted by molar-refractivity contribution is 5.87. The van der Waals surface area contributed by atoms with Gasteiger partial charge in [0, 0.05) is 6.08 Å². The molecule has 0 aliphatic rings. The number of allylic oxidation sites excluding steroid dienone is 2. The smallest absolute Gasteiger partial charge is 0.187 e. The number of rotatable bonds is 2. The third-order valence-electron chi connectivity index (χ3n) is 0.912. The molecule has 1 N–H and O–H groups in total. The number of unbranched alkanes of at least 4 members (excludes halogenated alkanes) is 1. The molecule has 0 aromatic carbocycles. The van der Waals surface area contributed by atoms with Gasteiger partial charge in [0.2, 0.25) is 0 Å². The van der Waals surface area contributed by atoms with Crippen LogP contribution in [0, 0.1) is 0 Å². The Kier molecular flexibility index (Phi) is 19.7. The van der Waals surface area contributed by atoms with Crippen LogP contribution in [0.1, 0.15) is 40.5 Å². The van der Waals surface area contributed by atoms with Crippen molar-refractivity contribution >= 4 is 23.1 Å². The van der Waals surface area contributed by atoms with E-state index in [1.54, 1.807) is 0 Å². The summed E-state index contributed by atoms with van der Waals surface area (Å²) in [7, 11) is 0. The molecule has 0 aliphatic heterocycles. The second kappa shape index (κ2) is 13.3. The lowest BCUT2D eigenvalue weighted by molar-refractivity contribution is -0.112. The molecule has 0 rings (SSSR count). The first kappa shape index (κ1) is 17.7. The molecule has 0 fully saturated rings. The van der Waals surface area contributed by atoms with Gasteiger partial charge in [-0.2, -0.15) is 0 Å². The van der Waals surface area contributed by atoms with Gasteiger partial charge in [-0.05, 0) is 13.8 Å². The van der Waals surface area contributed by atoms with Gasteiger partial charge in [-0.3, -0.25) is 4.79 Å². The molecule has 3 heteroatoms. The van der Waals surface area contributed by atoms with Gasteiger partial charge in [-0.1, -0.05) is 26.7 Å². The van der Waals surface area contributed by atoms with Crippen molar-refractivity contribution in [1.82, 2.24) is 0 Å². The van der Waals surface area contributed by atoms with Crippen molar-refractivity contribution in [2.45, 2.75) is 40.5 Å². The number of aliphatic hydroxyl groups excluding tert-OH is 1. The maximum absolute atomic E-state index is 10.0. The Balaban J connectivity index is -0.000000142. The van der Waals surface area contributed by atoms with Crippen molar-refractivity contribution in [3.63, 3.8) is 0 Å². The van der Waals surface area contributed by atoms with E-state index >= 15 is 0 Å². The second-order valence-corrected chi connectivity index (χ2v) is 2.40. The Labute approximate surface area is 85.8 Å². The maximum atomic E-state index is 10.0. The van der Waals surface area contributed by atoms with Crippen molar-refractivity contribution in [2.24, 2.45) is 0 Å². The zero-order chi connectivity index (χ0) is 9.28. The first-order valence-corrected chi connectivity index (χ1v) is 3.92. The van der Waals surface area contributed by atoms with Gasteiger partial charge in [0.1, 0.15) is 0 Å². The summed E-state index contributed by atoms with van der Waals surface area (Å²) >= 11 is 0. The van der Waals surface area contributed by atoms with Crippen molar-refractivity contribution in [2.75, 3.05) is 0 Å². The van der Waals surface area contributed by atoms with Gasteiger partial charge in [0.05, 0.1) is 5.76 Å². The molecule has 0 unspecified atom stereocenters. The Morgan fingerprint density at radius 1 is 1.25 bits per heavy atom. The Bertz CT molecular complexity index is 124. The van der Waals surface area contributed by atoms with Crippen LogP contribution in [0.25, 0.3) is 0 Å². The molecule has 0 aliphatic carbocycles. The fourth-order valence-corrected chi connectivity index (χ4v) is 0.294. The van der Waals surface area contributed by atoms with Gasteiger partial charge in [0.15, 0.2) is 23.1 Å². The van der Waals surface area contributed by atoms with E-state index in [4.69, 9.17) is 5.11 Å². The minimum absolute atomic E-state index is 0. The van der Waals surface area contributed by atoms with Crippen LogP contribution in [-0.4, -0.2) is 28.3 Å². The summed E-state index contributed by atoms with van der Waals surface area (Å²) in [5.41, 5.74) is 0. The van der Waals surface area contributed by atoms with E-state index in [9.17, 15) is 4.79 Å². The van der Waals surface area contributed by atoms with Crippen LogP contribution < -0.4 is 0 Å². The van der Waals surface area contributed by atoms with Crippen LogP contribution in [-0.2, 0) is 4.79 Å². The number of hydrogen-bond donors (Lipinski definition) is 1. The maximum Gasteiger partial charge on any atom is 0.187 e. The van der Waals surface area contributed by atoms with Crippen molar-refractivity contribution in [1.29, 1.82) is 0 Å². The SMILES string of the molecule is CC(=O)/C=C(/C)O.CCCC.[AlH3]. The summed E-state index contributed by atoms with van der Waals surface area (Å²) in [6.07, 6.45) is 3.81. The minimum atomic E-state index is -0.125. The molecule has 0 bridgehead atoms. The zero-order valence-corrected chi connectivity index (χ0v) is 7.85. The van der Waals surface area contributed by atoms with Crippen LogP contribution in [0.2, 0.25) is 0 Å². The number of carbonyl (C=O) groups excluding carboxylic acids is 1. The van der Waals surface area contributed by atoms with Gasteiger partial charge >= 0.3 is 0 Å². The molecule has 0 heterocycles. The zero-order valence-electron chi connectivity index (χ0n) is 7.85. The molecule has 0 atom stereocenters. The number of aliphatic hydroxyl groups is 1. The molecule has 0 spiro atoms. The summed E-state index contributed by atoms with van der Waals surface area (Å²) in [5, 5.41) is 8.36. The minimum Gasteiger partial charge on any atom is -0.512 e. The highest BCUT2D eigenvalue weighted by atomic mass is 27.0. The molecule has 0 saturated carbocycles. The van der Waals surface area contributed by atoms with Crippen LogP contribution >= 0.6 is 0 Å². The Morgan fingerprint density at radius 2 is 1.58 bits per heavy atom. The average Bonchev–Trinajstić information content (AvgIpc) is 1.85. The topological polar surface area (TPSA) is 37.3 Å². The van der Waals surface area contributed by atoms with E-state index in [0.717, 1.165) is 0 Å². The summed E-state index contributed by atoms with van der Waals surface area (Å²) < 4.78 is 0. The van der Waals surface area contributed by atoms with Gasteiger partial charge in [-0.15, -0.1) is 0 Å².